The molecule has 4 nitrogen and oxygen atoms in total. The molecule has 0 amide bonds. The Hall–Kier alpha value is -0.870. The van der Waals surface area contributed by atoms with Crippen molar-refractivity contribution in [3.8, 4) is 0 Å². The van der Waals surface area contributed by atoms with Crippen molar-refractivity contribution in [1.29, 1.82) is 0 Å². The summed E-state index contributed by atoms with van der Waals surface area (Å²) in [6.45, 7) is 5.37. The molecule has 0 saturated carbocycles. The molecule has 1 aromatic rings. The first-order valence-corrected chi connectivity index (χ1v) is 6.62. The van der Waals surface area contributed by atoms with Gasteiger partial charge in [0.25, 0.3) is 0 Å². The quantitative estimate of drug-likeness (QED) is 0.849. The summed E-state index contributed by atoms with van der Waals surface area (Å²) >= 11 is 0. The lowest BCUT2D eigenvalue weighted by atomic mass is 9.90. The van der Waals surface area contributed by atoms with Crippen molar-refractivity contribution >= 4 is 0 Å². The number of rotatable bonds is 4. The van der Waals surface area contributed by atoms with E-state index in [1.807, 2.05) is 12.4 Å². The van der Waals surface area contributed by atoms with Crippen LogP contribution in [-0.2, 0) is 13.5 Å². The zero-order valence-electron chi connectivity index (χ0n) is 11.0. The first-order chi connectivity index (χ1) is 8.22. The largest absolute Gasteiger partial charge is 0.338 e. The number of nitrogens with two attached hydrogens (primary N) is 1. The Balaban J connectivity index is 1.91. The van der Waals surface area contributed by atoms with Gasteiger partial charge in [-0.2, -0.15) is 0 Å². The normalized spacial score (nSPS) is 26.3. The lowest BCUT2D eigenvalue weighted by Crippen LogP contribution is -2.49. The van der Waals surface area contributed by atoms with Gasteiger partial charge < -0.3 is 10.3 Å². The van der Waals surface area contributed by atoms with Gasteiger partial charge in [0.1, 0.15) is 5.82 Å². The van der Waals surface area contributed by atoms with Gasteiger partial charge in [-0.15, -0.1) is 0 Å². The number of aryl methyl sites for hydroxylation is 1. The highest BCUT2D eigenvalue weighted by Gasteiger charge is 2.26. The Morgan fingerprint density at radius 2 is 2.35 bits per heavy atom. The lowest BCUT2D eigenvalue weighted by molar-refractivity contribution is 0.107. The second-order valence-electron chi connectivity index (χ2n) is 5.16. The highest BCUT2D eigenvalue weighted by molar-refractivity contribution is 4.93. The molecule has 4 heteroatoms. The van der Waals surface area contributed by atoms with Crippen LogP contribution in [0.2, 0.25) is 0 Å². The van der Waals surface area contributed by atoms with Gasteiger partial charge in [-0.3, -0.25) is 4.90 Å². The number of aromatic nitrogens is 2. The fraction of sp³-hybridized carbons (Fsp3) is 0.769. The minimum absolute atomic E-state index is 0.559. The first-order valence-electron chi connectivity index (χ1n) is 6.62. The summed E-state index contributed by atoms with van der Waals surface area (Å²) in [5.41, 5.74) is 5.90. The standard InChI is InChI=1S/C13H24N4/c1-11-4-3-7-17(12(11)10-14)8-5-13-15-6-9-16(13)2/h6,9,11-12H,3-5,7-8,10,14H2,1-2H3. The van der Waals surface area contributed by atoms with Crippen molar-refractivity contribution in [3.05, 3.63) is 18.2 Å². The van der Waals surface area contributed by atoms with Crippen LogP contribution in [0.1, 0.15) is 25.6 Å². The van der Waals surface area contributed by atoms with Gasteiger partial charge in [-0.05, 0) is 25.3 Å². The SMILES string of the molecule is CC1CCCN(CCc2nccn2C)C1CN. The molecule has 1 aliphatic heterocycles. The van der Waals surface area contributed by atoms with Crippen LogP contribution in [0.4, 0.5) is 0 Å². The van der Waals surface area contributed by atoms with Crippen LogP contribution >= 0.6 is 0 Å². The van der Waals surface area contributed by atoms with Crippen LogP contribution in [-0.4, -0.2) is 40.1 Å². The molecule has 1 fully saturated rings. The molecule has 2 unspecified atom stereocenters. The van der Waals surface area contributed by atoms with E-state index in [0.29, 0.717) is 6.04 Å². The Kier molecular flexibility index (Phi) is 4.18. The summed E-state index contributed by atoms with van der Waals surface area (Å²) in [6.07, 6.45) is 7.52. The molecule has 0 spiro atoms. The smallest absolute Gasteiger partial charge is 0.109 e. The topological polar surface area (TPSA) is 47.1 Å². The van der Waals surface area contributed by atoms with Gasteiger partial charge in [0, 0.05) is 45.0 Å². The number of hydrogen-bond donors (Lipinski definition) is 1. The second kappa shape index (κ2) is 5.65. The van der Waals surface area contributed by atoms with Gasteiger partial charge in [-0.25, -0.2) is 4.98 Å². The number of nitrogens with zero attached hydrogens (tertiary/aromatic N) is 3. The Bertz CT molecular complexity index is 347. The highest BCUT2D eigenvalue weighted by atomic mass is 15.2. The summed E-state index contributed by atoms with van der Waals surface area (Å²) in [5, 5.41) is 0. The van der Waals surface area contributed by atoms with Crippen LogP contribution in [0.3, 0.4) is 0 Å². The van der Waals surface area contributed by atoms with Crippen LogP contribution in [0.15, 0.2) is 12.4 Å². The third-order valence-corrected chi connectivity index (χ3v) is 4.02. The molecule has 1 aromatic heterocycles. The Labute approximate surface area is 104 Å². The van der Waals surface area contributed by atoms with Crippen LogP contribution in [0.5, 0.6) is 0 Å². The van der Waals surface area contributed by atoms with Crippen LogP contribution < -0.4 is 5.73 Å². The van der Waals surface area contributed by atoms with Crippen molar-refractivity contribution < 1.29 is 0 Å². The van der Waals surface area contributed by atoms with E-state index in [1.54, 1.807) is 0 Å². The molecule has 1 saturated heterocycles. The Morgan fingerprint density at radius 1 is 1.53 bits per heavy atom. The zero-order valence-corrected chi connectivity index (χ0v) is 11.0. The summed E-state index contributed by atoms with van der Waals surface area (Å²) in [6, 6.07) is 0.559. The number of piperidine rings is 1. The van der Waals surface area contributed by atoms with Crippen molar-refractivity contribution in [2.75, 3.05) is 19.6 Å². The van der Waals surface area contributed by atoms with Crippen LogP contribution in [0, 0.1) is 5.92 Å². The average Bonchev–Trinajstić information content (AvgIpc) is 2.72. The van der Waals surface area contributed by atoms with E-state index in [2.05, 4.69) is 28.4 Å². The van der Waals surface area contributed by atoms with Crippen LogP contribution in [0.25, 0.3) is 0 Å². The van der Waals surface area contributed by atoms with E-state index in [0.717, 1.165) is 25.4 Å². The molecule has 96 valence electrons. The molecule has 2 heterocycles. The number of imidazole rings is 1. The number of hydrogen-bond acceptors (Lipinski definition) is 3. The van der Waals surface area contributed by atoms with E-state index in [4.69, 9.17) is 5.73 Å². The molecule has 0 radical (unpaired) electrons. The van der Waals surface area contributed by atoms with Crippen molar-refractivity contribution in [2.45, 2.75) is 32.2 Å². The van der Waals surface area contributed by atoms with Gasteiger partial charge in [-0.1, -0.05) is 6.92 Å². The van der Waals surface area contributed by atoms with E-state index in [9.17, 15) is 0 Å². The van der Waals surface area contributed by atoms with Gasteiger partial charge in [0.05, 0.1) is 0 Å². The maximum absolute atomic E-state index is 5.90. The van der Waals surface area contributed by atoms with Gasteiger partial charge >= 0.3 is 0 Å². The molecule has 2 N–H and O–H groups in total. The maximum atomic E-state index is 5.90. The first kappa shape index (κ1) is 12.6. The Morgan fingerprint density at radius 3 is 3.00 bits per heavy atom. The predicted molar refractivity (Wildman–Crippen MR) is 69.7 cm³/mol. The predicted octanol–water partition coefficient (Wildman–Crippen LogP) is 1.02. The fourth-order valence-corrected chi connectivity index (χ4v) is 2.87. The second-order valence-corrected chi connectivity index (χ2v) is 5.16. The summed E-state index contributed by atoms with van der Waals surface area (Å²) in [4.78, 5) is 6.92. The molecule has 17 heavy (non-hydrogen) atoms. The zero-order chi connectivity index (χ0) is 12.3. The minimum Gasteiger partial charge on any atom is -0.338 e. The molecule has 0 aromatic carbocycles. The molecular formula is C13H24N4. The monoisotopic (exact) mass is 236 g/mol. The van der Waals surface area contributed by atoms with Crippen molar-refractivity contribution in [3.63, 3.8) is 0 Å². The minimum atomic E-state index is 0.559. The summed E-state index contributed by atoms with van der Waals surface area (Å²) < 4.78 is 2.10. The molecule has 2 rings (SSSR count). The van der Waals surface area contributed by atoms with E-state index < -0.39 is 0 Å². The van der Waals surface area contributed by atoms with Crippen molar-refractivity contribution in [2.24, 2.45) is 18.7 Å². The number of likely N-dealkylation sites (tertiary alicyclic amines) is 1. The average molecular weight is 236 g/mol. The van der Waals surface area contributed by atoms with E-state index >= 15 is 0 Å². The fourth-order valence-electron chi connectivity index (χ4n) is 2.87. The summed E-state index contributed by atoms with van der Waals surface area (Å²) in [7, 11) is 2.06. The third-order valence-electron chi connectivity index (χ3n) is 4.02. The lowest BCUT2D eigenvalue weighted by Gasteiger charge is -2.39. The maximum Gasteiger partial charge on any atom is 0.109 e. The third kappa shape index (κ3) is 2.87. The summed E-state index contributed by atoms with van der Waals surface area (Å²) in [5.74, 6) is 1.90. The molecule has 2 atom stereocenters. The van der Waals surface area contributed by atoms with Crippen molar-refractivity contribution in [1.82, 2.24) is 14.5 Å². The van der Waals surface area contributed by atoms with E-state index in [-0.39, 0.29) is 0 Å². The van der Waals surface area contributed by atoms with Gasteiger partial charge in [0.2, 0.25) is 0 Å². The highest BCUT2D eigenvalue weighted by Crippen LogP contribution is 2.22. The molecular weight excluding hydrogens is 212 g/mol. The molecule has 0 bridgehead atoms. The molecule has 1 aliphatic rings. The van der Waals surface area contributed by atoms with E-state index in [1.165, 1.54) is 25.2 Å². The van der Waals surface area contributed by atoms with Gasteiger partial charge in [0.15, 0.2) is 0 Å². The molecule has 0 aliphatic carbocycles.